The first-order chi connectivity index (χ1) is 15.5. The van der Waals surface area contributed by atoms with Crippen LogP contribution >= 0.6 is 23.5 Å². The molecule has 0 unspecified atom stereocenters. The highest BCUT2D eigenvalue weighted by Crippen LogP contribution is 2.51. The van der Waals surface area contributed by atoms with Crippen molar-refractivity contribution in [3.63, 3.8) is 0 Å². The number of carbonyl (C=O) groups excluding carboxylic acids is 1. The smallest absolute Gasteiger partial charge is 0.269 e. The van der Waals surface area contributed by atoms with E-state index >= 15 is 0 Å². The lowest BCUT2D eigenvalue weighted by molar-refractivity contribution is -0.122. The number of benzene rings is 2. The molecule has 2 aliphatic rings. The van der Waals surface area contributed by atoms with Crippen LogP contribution in [0.25, 0.3) is 0 Å². The van der Waals surface area contributed by atoms with Crippen LogP contribution in [0.5, 0.6) is 5.75 Å². The highest BCUT2D eigenvalue weighted by molar-refractivity contribution is 8.19. The minimum Gasteiger partial charge on any atom is -0.497 e. The number of rotatable bonds is 6. The molecule has 0 radical (unpaired) electrons. The average molecular weight is 468 g/mol. The zero-order chi connectivity index (χ0) is 22.8. The molecule has 2 aromatic carbocycles. The Bertz CT molecular complexity index is 1110. The Morgan fingerprint density at radius 2 is 1.81 bits per heavy atom. The third kappa shape index (κ3) is 4.28. The van der Waals surface area contributed by atoms with Crippen LogP contribution in [0.15, 0.2) is 56.2 Å². The van der Waals surface area contributed by atoms with E-state index in [0.717, 1.165) is 56.5 Å². The molecule has 2 aliphatic heterocycles. The number of carbonyl (C=O) groups is 1. The van der Waals surface area contributed by atoms with Gasteiger partial charge in [-0.3, -0.25) is 9.69 Å². The fourth-order valence-corrected chi connectivity index (χ4v) is 6.11. The van der Waals surface area contributed by atoms with Crippen molar-refractivity contribution >= 4 is 46.0 Å². The van der Waals surface area contributed by atoms with Gasteiger partial charge in [-0.2, -0.15) is 0 Å². The number of thioether (sulfide) groups is 2. The molecule has 0 aromatic heterocycles. The van der Waals surface area contributed by atoms with E-state index in [4.69, 9.17) is 9.73 Å². The van der Waals surface area contributed by atoms with E-state index in [1.165, 1.54) is 22.9 Å². The maximum atomic E-state index is 13.6. The van der Waals surface area contributed by atoms with Gasteiger partial charge in [-0.1, -0.05) is 31.2 Å². The second-order valence-corrected chi connectivity index (χ2v) is 9.90. The molecule has 1 fully saturated rings. The maximum Gasteiger partial charge on any atom is 0.269 e. The van der Waals surface area contributed by atoms with Crippen LogP contribution < -0.4 is 9.64 Å². The van der Waals surface area contributed by atoms with Gasteiger partial charge >= 0.3 is 0 Å². The van der Waals surface area contributed by atoms with Crippen molar-refractivity contribution in [3.05, 3.63) is 57.5 Å². The minimum atomic E-state index is 0.0479. The van der Waals surface area contributed by atoms with Crippen LogP contribution in [-0.4, -0.2) is 36.2 Å². The summed E-state index contributed by atoms with van der Waals surface area (Å²) in [6, 6.07) is 12.3. The van der Waals surface area contributed by atoms with Crippen molar-refractivity contribution in [1.82, 2.24) is 4.90 Å². The minimum absolute atomic E-state index is 0.0479. The molecule has 0 aliphatic carbocycles. The molecule has 7 heteroatoms. The van der Waals surface area contributed by atoms with E-state index < -0.39 is 0 Å². The van der Waals surface area contributed by atoms with Crippen molar-refractivity contribution < 1.29 is 9.53 Å². The lowest BCUT2D eigenvalue weighted by Crippen LogP contribution is -2.30. The molecule has 32 heavy (non-hydrogen) atoms. The predicted molar refractivity (Wildman–Crippen MR) is 136 cm³/mol. The number of hydrogen-bond donors (Lipinski definition) is 0. The number of unbranched alkanes of at least 4 members (excludes halogenated alkanes) is 1. The van der Waals surface area contributed by atoms with E-state index in [-0.39, 0.29) is 5.91 Å². The Hall–Kier alpha value is -2.38. The van der Waals surface area contributed by atoms with Gasteiger partial charge in [-0.15, -0.1) is 0 Å². The highest BCUT2D eigenvalue weighted by atomic mass is 32.2. The molecule has 5 nitrogen and oxygen atoms in total. The maximum absolute atomic E-state index is 13.6. The first-order valence-corrected chi connectivity index (χ1v) is 12.6. The first-order valence-electron chi connectivity index (χ1n) is 11.0. The highest BCUT2D eigenvalue weighted by Gasteiger charge is 2.39. The number of amides is 1. The predicted octanol–water partition coefficient (Wildman–Crippen LogP) is 6.48. The number of fused-ring (bicyclic) bond motifs is 1. The molecule has 2 aromatic rings. The Morgan fingerprint density at radius 1 is 1.00 bits per heavy atom. The van der Waals surface area contributed by atoms with Gasteiger partial charge in [0.1, 0.15) is 15.7 Å². The zero-order valence-corrected chi connectivity index (χ0v) is 20.9. The van der Waals surface area contributed by atoms with Gasteiger partial charge in [-0.05, 0) is 74.3 Å². The first kappa shape index (κ1) is 22.8. The number of ether oxygens (including phenoxy) is 1. The van der Waals surface area contributed by atoms with E-state index in [1.807, 2.05) is 23.1 Å². The molecular weight excluding hydrogens is 438 g/mol. The molecule has 0 atom stereocenters. The van der Waals surface area contributed by atoms with Crippen molar-refractivity contribution in [2.24, 2.45) is 4.99 Å². The van der Waals surface area contributed by atoms with E-state index in [2.05, 4.69) is 50.8 Å². The Balaban J connectivity index is 1.74. The number of aliphatic imine (C=N–C) groups is 1. The van der Waals surface area contributed by atoms with Crippen LogP contribution in [0.2, 0.25) is 0 Å². The number of amidine groups is 1. The number of methoxy groups -OCH3 is 1. The van der Waals surface area contributed by atoms with Crippen LogP contribution in [0.1, 0.15) is 37.8 Å². The fourth-order valence-electron chi connectivity index (χ4n) is 3.71. The monoisotopic (exact) mass is 467 g/mol. The SMILES string of the molecule is CCCCN1C(=O)C(=C2Sc3ccc(OC)cc3N2CC)SC1=Nc1ccc(C)c(C)c1. The van der Waals surface area contributed by atoms with Crippen LogP contribution in [-0.2, 0) is 4.79 Å². The topological polar surface area (TPSA) is 45.1 Å². The third-order valence-electron chi connectivity index (χ3n) is 5.73. The number of hydrogen-bond acceptors (Lipinski definition) is 6. The summed E-state index contributed by atoms with van der Waals surface area (Å²) in [7, 11) is 1.68. The molecule has 1 amide bonds. The standard InChI is InChI=1S/C25H29N3O2S2/c1-6-8-13-28-23(29)22(32-25(28)26-18-10-9-16(3)17(4)14-18)24-27(7-2)20-15-19(30-5)11-12-21(20)31-24/h9-12,14-15H,6-8,13H2,1-5H3. The summed E-state index contributed by atoms with van der Waals surface area (Å²) < 4.78 is 5.43. The quantitative estimate of drug-likeness (QED) is 0.455. The molecule has 168 valence electrons. The lowest BCUT2D eigenvalue weighted by Gasteiger charge is -2.19. The molecule has 0 saturated carbocycles. The molecule has 4 rings (SSSR count). The van der Waals surface area contributed by atoms with Gasteiger partial charge in [0.15, 0.2) is 5.17 Å². The Kier molecular flexibility index (Phi) is 6.86. The summed E-state index contributed by atoms with van der Waals surface area (Å²) in [5, 5.41) is 1.75. The van der Waals surface area contributed by atoms with Gasteiger partial charge in [0, 0.05) is 24.1 Å². The van der Waals surface area contributed by atoms with Crippen LogP contribution in [0.4, 0.5) is 11.4 Å². The molecular formula is C25H29N3O2S2. The van der Waals surface area contributed by atoms with Crippen molar-refractivity contribution in [1.29, 1.82) is 0 Å². The summed E-state index contributed by atoms with van der Waals surface area (Å²) >= 11 is 3.15. The zero-order valence-electron chi connectivity index (χ0n) is 19.3. The van der Waals surface area contributed by atoms with Gasteiger partial charge in [0.05, 0.1) is 18.5 Å². The number of aryl methyl sites for hydroxylation is 2. The third-order valence-corrected chi connectivity index (χ3v) is 8.11. The summed E-state index contributed by atoms with van der Waals surface area (Å²) in [6.07, 6.45) is 1.97. The number of nitrogens with zero attached hydrogens (tertiary/aromatic N) is 3. The molecule has 0 N–H and O–H groups in total. The fraction of sp³-hybridized carbons (Fsp3) is 0.360. The molecule has 0 spiro atoms. The lowest BCUT2D eigenvalue weighted by atomic mass is 10.1. The summed E-state index contributed by atoms with van der Waals surface area (Å²) in [4.78, 5) is 24.4. The van der Waals surface area contributed by atoms with E-state index in [9.17, 15) is 4.79 Å². The van der Waals surface area contributed by atoms with Gasteiger partial charge in [-0.25, -0.2) is 4.99 Å². The average Bonchev–Trinajstić information content (AvgIpc) is 3.31. The Labute approximate surface area is 198 Å². The van der Waals surface area contributed by atoms with Crippen molar-refractivity contribution in [3.8, 4) is 5.75 Å². The summed E-state index contributed by atoms with van der Waals surface area (Å²) in [6.45, 7) is 9.90. The normalized spacial score (nSPS) is 19.3. The molecule has 2 heterocycles. The molecule has 0 bridgehead atoms. The second-order valence-electron chi connectivity index (χ2n) is 7.89. The number of anilines is 1. The largest absolute Gasteiger partial charge is 0.497 e. The summed E-state index contributed by atoms with van der Waals surface area (Å²) in [5.41, 5.74) is 4.42. The second kappa shape index (κ2) is 9.63. The Morgan fingerprint density at radius 3 is 2.50 bits per heavy atom. The van der Waals surface area contributed by atoms with Crippen molar-refractivity contribution in [2.45, 2.75) is 45.4 Å². The molecule has 1 saturated heterocycles. The van der Waals surface area contributed by atoms with Gasteiger partial charge in [0.25, 0.3) is 5.91 Å². The van der Waals surface area contributed by atoms with Crippen molar-refractivity contribution in [2.75, 3.05) is 25.1 Å². The van der Waals surface area contributed by atoms with E-state index in [1.54, 1.807) is 18.9 Å². The van der Waals surface area contributed by atoms with Gasteiger partial charge < -0.3 is 9.64 Å². The van der Waals surface area contributed by atoms with Gasteiger partial charge in [0.2, 0.25) is 0 Å². The van der Waals surface area contributed by atoms with Crippen LogP contribution in [0, 0.1) is 13.8 Å². The van der Waals surface area contributed by atoms with Crippen LogP contribution in [0.3, 0.4) is 0 Å². The van der Waals surface area contributed by atoms with E-state index in [0.29, 0.717) is 6.54 Å². The summed E-state index contributed by atoms with van der Waals surface area (Å²) in [5.74, 6) is 0.868.